The van der Waals surface area contributed by atoms with Crippen LogP contribution in [0.1, 0.15) is 28.2 Å². The molecule has 3 aromatic rings. The maximum atomic E-state index is 11.5. The first-order chi connectivity index (χ1) is 12.7. The van der Waals surface area contributed by atoms with Crippen molar-refractivity contribution >= 4 is 34.5 Å². The van der Waals surface area contributed by atoms with Crippen molar-refractivity contribution in [1.29, 1.82) is 0 Å². The number of amides is 1. The van der Waals surface area contributed by atoms with Gasteiger partial charge in [0.05, 0.1) is 16.8 Å². The summed E-state index contributed by atoms with van der Waals surface area (Å²) in [6.07, 6.45) is 1.09. The topological polar surface area (TPSA) is 96.2 Å². The summed E-state index contributed by atoms with van der Waals surface area (Å²) in [4.78, 5) is 25.0. The molecular weight excluding hydrogens is 346 g/mol. The van der Waals surface area contributed by atoms with Gasteiger partial charge in [-0.3, -0.25) is 9.79 Å². The van der Waals surface area contributed by atoms with E-state index in [-0.39, 0.29) is 0 Å². The summed E-state index contributed by atoms with van der Waals surface area (Å²) in [5, 5.41) is 3.33. The van der Waals surface area contributed by atoms with E-state index in [4.69, 9.17) is 5.73 Å². The molecule has 0 bridgehead atoms. The molecule has 4 N–H and O–H groups in total. The number of aromatic nitrogens is 2. The fraction of sp³-hybridized carbons (Fsp3) is 0.211. The molecule has 132 valence electrons. The lowest BCUT2D eigenvalue weighted by Crippen LogP contribution is -2.30. The minimum atomic E-state index is -0.462. The number of para-hydroxylation sites is 1. The Morgan fingerprint density at radius 3 is 2.77 bits per heavy atom. The first-order valence-electron chi connectivity index (χ1n) is 8.50. The van der Waals surface area contributed by atoms with Crippen molar-refractivity contribution in [3.63, 3.8) is 0 Å². The highest BCUT2D eigenvalue weighted by atomic mass is 32.2. The van der Waals surface area contributed by atoms with Gasteiger partial charge in [0.2, 0.25) is 0 Å². The highest BCUT2D eigenvalue weighted by Gasteiger charge is 2.11. The van der Waals surface area contributed by atoms with Crippen molar-refractivity contribution in [3.8, 4) is 0 Å². The molecule has 0 fully saturated rings. The molecule has 26 heavy (non-hydrogen) atoms. The zero-order valence-electron chi connectivity index (χ0n) is 14.2. The van der Waals surface area contributed by atoms with Gasteiger partial charge in [-0.1, -0.05) is 18.2 Å². The Morgan fingerprint density at radius 2 is 2.04 bits per heavy atom. The van der Waals surface area contributed by atoms with E-state index < -0.39 is 5.91 Å². The normalized spacial score (nSPS) is 14.1. The number of hydrogen-bond donors (Lipinski definition) is 3. The largest absolute Gasteiger partial charge is 0.370 e. The number of benzene rings is 2. The van der Waals surface area contributed by atoms with Crippen molar-refractivity contribution in [2.24, 2.45) is 10.7 Å². The molecule has 1 aromatic heterocycles. The third-order valence-corrected chi connectivity index (χ3v) is 5.25. The SMILES string of the molecule is NC(=O)c1cccc2[nH]c(CSc3ccc(C4=NCCCN4)cc3)nc12. The molecular formula is C19H19N5OS. The minimum Gasteiger partial charge on any atom is -0.370 e. The fourth-order valence-electron chi connectivity index (χ4n) is 2.94. The summed E-state index contributed by atoms with van der Waals surface area (Å²) in [7, 11) is 0. The number of fused-ring (bicyclic) bond motifs is 1. The maximum absolute atomic E-state index is 11.5. The van der Waals surface area contributed by atoms with E-state index in [0.29, 0.717) is 16.8 Å². The van der Waals surface area contributed by atoms with E-state index in [1.807, 2.05) is 6.07 Å². The molecule has 0 saturated heterocycles. The first-order valence-corrected chi connectivity index (χ1v) is 9.48. The maximum Gasteiger partial charge on any atom is 0.250 e. The number of nitrogens with zero attached hydrogens (tertiary/aromatic N) is 2. The van der Waals surface area contributed by atoms with Crippen LogP contribution in [0, 0.1) is 0 Å². The van der Waals surface area contributed by atoms with E-state index >= 15 is 0 Å². The molecule has 2 heterocycles. The molecule has 0 unspecified atom stereocenters. The molecule has 0 atom stereocenters. The van der Waals surface area contributed by atoms with Crippen molar-refractivity contribution in [2.45, 2.75) is 17.1 Å². The second-order valence-electron chi connectivity index (χ2n) is 6.07. The van der Waals surface area contributed by atoms with E-state index in [1.165, 1.54) is 0 Å². The lowest BCUT2D eigenvalue weighted by atomic mass is 10.2. The minimum absolute atomic E-state index is 0.445. The van der Waals surface area contributed by atoms with E-state index in [0.717, 1.165) is 47.1 Å². The summed E-state index contributed by atoms with van der Waals surface area (Å²) in [5.41, 5.74) is 8.44. The van der Waals surface area contributed by atoms with Crippen LogP contribution in [0.3, 0.4) is 0 Å². The molecule has 1 aliphatic rings. The summed E-state index contributed by atoms with van der Waals surface area (Å²) < 4.78 is 0. The second kappa shape index (κ2) is 7.21. The second-order valence-corrected chi connectivity index (χ2v) is 7.12. The zero-order chi connectivity index (χ0) is 17.9. The third kappa shape index (κ3) is 3.43. The standard InChI is InChI=1S/C19H19N5OS/c20-18(25)14-3-1-4-15-17(14)24-16(23-15)11-26-13-7-5-12(6-8-13)19-21-9-2-10-22-19/h1,3-8H,2,9-11H2,(H2,20,25)(H,21,22)(H,23,24). The number of amidine groups is 1. The van der Waals surface area contributed by atoms with Crippen LogP contribution in [0.2, 0.25) is 0 Å². The van der Waals surface area contributed by atoms with Crippen molar-refractivity contribution in [3.05, 3.63) is 59.4 Å². The average molecular weight is 365 g/mol. The van der Waals surface area contributed by atoms with Crippen LogP contribution >= 0.6 is 11.8 Å². The van der Waals surface area contributed by atoms with Gasteiger partial charge in [0, 0.05) is 23.5 Å². The number of H-pyrrole nitrogens is 1. The number of nitrogens with two attached hydrogens (primary N) is 1. The molecule has 0 aliphatic carbocycles. The summed E-state index contributed by atoms with van der Waals surface area (Å²) in [5.74, 6) is 2.02. The van der Waals surface area contributed by atoms with Crippen LogP contribution in [-0.4, -0.2) is 34.8 Å². The number of carbonyl (C=O) groups is 1. The van der Waals surface area contributed by atoms with Crippen LogP contribution in [0.4, 0.5) is 0 Å². The van der Waals surface area contributed by atoms with Gasteiger partial charge in [-0.05, 0) is 30.7 Å². The Bertz CT molecular complexity index is 977. The van der Waals surface area contributed by atoms with E-state index in [1.54, 1.807) is 23.9 Å². The molecule has 4 rings (SSSR count). The molecule has 0 saturated carbocycles. The molecule has 6 nitrogen and oxygen atoms in total. The van der Waals surface area contributed by atoms with Crippen LogP contribution < -0.4 is 11.1 Å². The number of aromatic amines is 1. The van der Waals surface area contributed by atoms with Crippen molar-refractivity contribution in [2.75, 3.05) is 13.1 Å². The van der Waals surface area contributed by atoms with Gasteiger partial charge in [-0.2, -0.15) is 0 Å². The van der Waals surface area contributed by atoms with Gasteiger partial charge in [-0.15, -0.1) is 11.8 Å². The number of rotatable bonds is 5. The number of carbonyl (C=O) groups excluding carboxylic acids is 1. The average Bonchev–Trinajstić information content (AvgIpc) is 3.10. The quantitative estimate of drug-likeness (QED) is 0.606. The smallest absolute Gasteiger partial charge is 0.250 e. The van der Waals surface area contributed by atoms with Crippen LogP contribution in [0.25, 0.3) is 11.0 Å². The Labute approximate surface area is 155 Å². The third-order valence-electron chi connectivity index (χ3n) is 4.23. The van der Waals surface area contributed by atoms with Gasteiger partial charge in [-0.25, -0.2) is 4.98 Å². The van der Waals surface area contributed by atoms with Gasteiger partial charge in [0.25, 0.3) is 5.91 Å². The highest BCUT2D eigenvalue weighted by Crippen LogP contribution is 2.24. The van der Waals surface area contributed by atoms with E-state index in [9.17, 15) is 4.79 Å². The van der Waals surface area contributed by atoms with Crippen LogP contribution in [-0.2, 0) is 5.75 Å². The first kappa shape index (κ1) is 16.7. The monoisotopic (exact) mass is 365 g/mol. The van der Waals surface area contributed by atoms with Crippen molar-refractivity contribution in [1.82, 2.24) is 15.3 Å². The summed E-state index contributed by atoms with van der Waals surface area (Å²) >= 11 is 1.69. The Kier molecular flexibility index (Phi) is 4.62. The zero-order valence-corrected chi connectivity index (χ0v) is 15.0. The predicted molar refractivity (Wildman–Crippen MR) is 105 cm³/mol. The Hall–Kier alpha value is -2.80. The molecule has 0 radical (unpaired) electrons. The molecule has 1 amide bonds. The summed E-state index contributed by atoms with van der Waals surface area (Å²) in [6.45, 7) is 1.87. The molecule has 7 heteroatoms. The van der Waals surface area contributed by atoms with Gasteiger partial charge >= 0.3 is 0 Å². The van der Waals surface area contributed by atoms with Gasteiger partial charge < -0.3 is 16.0 Å². The fourth-order valence-corrected chi connectivity index (χ4v) is 3.71. The summed E-state index contributed by atoms with van der Waals surface area (Å²) in [6, 6.07) is 13.8. The van der Waals surface area contributed by atoms with E-state index in [2.05, 4.69) is 44.5 Å². The lowest BCUT2D eigenvalue weighted by Gasteiger charge is -2.14. The van der Waals surface area contributed by atoms with Crippen LogP contribution in [0.5, 0.6) is 0 Å². The molecule has 0 spiro atoms. The van der Waals surface area contributed by atoms with Crippen molar-refractivity contribution < 1.29 is 4.79 Å². The highest BCUT2D eigenvalue weighted by molar-refractivity contribution is 7.98. The number of primary amides is 1. The van der Waals surface area contributed by atoms with Crippen LogP contribution in [0.15, 0.2) is 52.4 Å². The lowest BCUT2D eigenvalue weighted by molar-refractivity contribution is 0.100. The number of hydrogen-bond acceptors (Lipinski definition) is 5. The predicted octanol–water partition coefficient (Wildman–Crippen LogP) is 2.69. The number of nitrogens with one attached hydrogen (secondary N) is 2. The molecule has 1 aliphatic heterocycles. The Balaban J connectivity index is 1.47. The van der Waals surface area contributed by atoms with Gasteiger partial charge in [0.15, 0.2) is 0 Å². The molecule has 2 aromatic carbocycles. The van der Waals surface area contributed by atoms with Gasteiger partial charge in [0.1, 0.15) is 17.2 Å². The Morgan fingerprint density at radius 1 is 1.19 bits per heavy atom. The number of thioether (sulfide) groups is 1. The number of aliphatic imine (C=N–C) groups is 1. The number of imidazole rings is 1.